The highest BCUT2D eigenvalue weighted by Gasteiger charge is 2.11. The molecular weight excluding hydrogens is 303 g/mol. The first kappa shape index (κ1) is 14.1. The lowest BCUT2D eigenvalue weighted by Gasteiger charge is -2.02. The second-order valence-electron chi connectivity index (χ2n) is 3.85. The van der Waals surface area contributed by atoms with E-state index in [1.165, 1.54) is 6.08 Å². The Hall–Kier alpha value is -1.28. The lowest BCUT2D eigenvalue weighted by Crippen LogP contribution is -1.96. The molecule has 0 aliphatic carbocycles. The van der Waals surface area contributed by atoms with E-state index in [9.17, 15) is 4.79 Å². The molecule has 0 aliphatic rings. The Balaban J connectivity index is 2.24. The minimum atomic E-state index is -0.231. The molecule has 0 fully saturated rings. The summed E-state index contributed by atoms with van der Waals surface area (Å²) in [5.41, 5.74) is 1.19. The Morgan fingerprint density at radius 3 is 2.05 bits per heavy atom. The molecule has 0 aromatic heterocycles. The summed E-state index contributed by atoms with van der Waals surface area (Å²) in [6.45, 7) is 0. The van der Waals surface area contributed by atoms with Crippen LogP contribution in [0.3, 0.4) is 0 Å². The highest BCUT2D eigenvalue weighted by atomic mass is 35.5. The molecule has 0 N–H and O–H groups in total. The van der Waals surface area contributed by atoms with Gasteiger partial charge in [-0.2, -0.15) is 0 Å². The van der Waals surface area contributed by atoms with E-state index >= 15 is 0 Å². The second-order valence-corrected chi connectivity index (χ2v) is 5.10. The van der Waals surface area contributed by atoms with Crippen molar-refractivity contribution in [2.24, 2.45) is 0 Å². The van der Waals surface area contributed by atoms with E-state index in [0.717, 1.165) is 5.56 Å². The summed E-state index contributed by atoms with van der Waals surface area (Å²) >= 11 is 17.7. The molecule has 0 atom stereocenters. The molecule has 19 heavy (non-hydrogen) atoms. The Kier molecular flexibility index (Phi) is 4.65. The third kappa shape index (κ3) is 3.60. The average Bonchev–Trinajstić information content (AvgIpc) is 2.38. The molecule has 0 saturated carbocycles. The van der Waals surface area contributed by atoms with Crippen LogP contribution in [0.2, 0.25) is 15.1 Å². The van der Waals surface area contributed by atoms with E-state index in [1.54, 1.807) is 36.4 Å². The molecule has 0 amide bonds. The van der Waals surface area contributed by atoms with Crippen LogP contribution in [0.4, 0.5) is 0 Å². The lowest BCUT2D eigenvalue weighted by atomic mass is 10.1. The van der Waals surface area contributed by atoms with E-state index in [0.29, 0.717) is 20.6 Å². The van der Waals surface area contributed by atoms with Gasteiger partial charge in [0.05, 0.1) is 15.6 Å². The SMILES string of the molecule is O=C(/C=C\c1ccc(Cl)cc1)c1c(Cl)cccc1Cl. The highest BCUT2D eigenvalue weighted by Crippen LogP contribution is 2.25. The summed E-state index contributed by atoms with van der Waals surface area (Å²) in [5.74, 6) is -0.231. The normalized spacial score (nSPS) is 10.9. The zero-order valence-electron chi connectivity index (χ0n) is 9.74. The Morgan fingerprint density at radius 1 is 0.895 bits per heavy atom. The number of rotatable bonds is 3. The van der Waals surface area contributed by atoms with Crippen molar-refractivity contribution >= 4 is 46.7 Å². The fourth-order valence-electron chi connectivity index (χ4n) is 1.56. The van der Waals surface area contributed by atoms with E-state index in [2.05, 4.69) is 0 Å². The Labute approximate surface area is 126 Å². The van der Waals surface area contributed by atoms with Crippen molar-refractivity contribution in [3.63, 3.8) is 0 Å². The van der Waals surface area contributed by atoms with Gasteiger partial charge in [0.1, 0.15) is 0 Å². The third-order valence-electron chi connectivity index (χ3n) is 2.51. The van der Waals surface area contributed by atoms with Gasteiger partial charge in [0.15, 0.2) is 5.78 Å². The van der Waals surface area contributed by atoms with Crippen LogP contribution in [0.25, 0.3) is 6.08 Å². The van der Waals surface area contributed by atoms with Crippen molar-refractivity contribution in [3.8, 4) is 0 Å². The van der Waals surface area contributed by atoms with Crippen molar-refractivity contribution in [1.82, 2.24) is 0 Å². The summed E-state index contributed by atoms with van der Waals surface area (Å²) in [6, 6.07) is 12.1. The standard InChI is InChI=1S/C15H9Cl3O/c16-11-7-4-10(5-8-11)6-9-14(19)15-12(17)2-1-3-13(15)18/h1-9H/b9-6-. The topological polar surface area (TPSA) is 17.1 Å². The third-order valence-corrected chi connectivity index (χ3v) is 3.39. The predicted octanol–water partition coefficient (Wildman–Crippen LogP) is 5.54. The van der Waals surface area contributed by atoms with Crippen LogP contribution in [-0.4, -0.2) is 5.78 Å². The molecule has 96 valence electrons. The molecule has 0 radical (unpaired) electrons. The fraction of sp³-hybridized carbons (Fsp3) is 0. The lowest BCUT2D eigenvalue weighted by molar-refractivity contribution is 0.104. The van der Waals surface area contributed by atoms with Crippen LogP contribution in [0.5, 0.6) is 0 Å². The fourth-order valence-corrected chi connectivity index (χ4v) is 2.27. The molecule has 0 spiro atoms. The van der Waals surface area contributed by atoms with Crippen LogP contribution in [0.15, 0.2) is 48.5 Å². The van der Waals surface area contributed by atoms with Crippen molar-refractivity contribution < 1.29 is 4.79 Å². The van der Waals surface area contributed by atoms with Gasteiger partial charge in [-0.25, -0.2) is 0 Å². The van der Waals surface area contributed by atoms with Crippen molar-refractivity contribution in [2.45, 2.75) is 0 Å². The molecule has 2 rings (SSSR count). The number of carbonyl (C=O) groups excluding carboxylic acids is 1. The molecule has 2 aromatic carbocycles. The first-order chi connectivity index (χ1) is 9.08. The number of ketones is 1. The van der Waals surface area contributed by atoms with Gasteiger partial charge in [-0.3, -0.25) is 4.79 Å². The van der Waals surface area contributed by atoms with E-state index < -0.39 is 0 Å². The van der Waals surface area contributed by atoms with Crippen LogP contribution in [-0.2, 0) is 0 Å². The van der Waals surface area contributed by atoms with Crippen LogP contribution in [0.1, 0.15) is 15.9 Å². The highest BCUT2D eigenvalue weighted by molar-refractivity contribution is 6.40. The summed E-state index contributed by atoms with van der Waals surface area (Å²) in [7, 11) is 0. The van der Waals surface area contributed by atoms with Gasteiger partial charge in [-0.1, -0.05) is 59.1 Å². The monoisotopic (exact) mass is 310 g/mol. The summed E-state index contributed by atoms with van der Waals surface area (Å²) < 4.78 is 0. The van der Waals surface area contributed by atoms with Crippen molar-refractivity contribution in [2.75, 3.05) is 0 Å². The number of hydrogen-bond acceptors (Lipinski definition) is 1. The van der Waals surface area contributed by atoms with Gasteiger partial charge in [0.25, 0.3) is 0 Å². The van der Waals surface area contributed by atoms with Gasteiger partial charge in [-0.15, -0.1) is 0 Å². The zero-order valence-corrected chi connectivity index (χ0v) is 12.0. The van der Waals surface area contributed by atoms with Crippen LogP contribution in [0, 0.1) is 0 Å². The maximum Gasteiger partial charge on any atom is 0.188 e. The first-order valence-electron chi connectivity index (χ1n) is 5.50. The predicted molar refractivity (Wildman–Crippen MR) is 81.3 cm³/mol. The summed E-state index contributed by atoms with van der Waals surface area (Å²) in [6.07, 6.45) is 3.13. The minimum Gasteiger partial charge on any atom is -0.289 e. The summed E-state index contributed by atoms with van der Waals surface area (Å²) in [4.78, 5) is 12.0. The van der Waals surface area contributed by atoms with E-state index in [-0.39, 0.29) is 5.78 Å². The van der Waals surface area contributed by atoms with Crippen molar-refractivity contribution in [3.05, 3.63) is 74.7 Å². The molecule has 0 heterocycles. The Bertz CT molecular complexity index is 610. The van der Waals surface area contributed by atoms with Gasteiger partial charge in [0.2, 0.25) is 0 Å². The van der Waals surface area contributed by atoms with Crippen molar-refractivity contribution in [1.29, 1.82) is 0 Å². The Morgan fingerprint density at radius 2 is 1.47 bits per heavy atom. The number of halogens is 3. The maximum atomic E-state index is 12.0. The number of allylic oxidation sites excluding steroid dienone is 1. The molecule has 0 saturated heterocycles. The van der Waals surface area contributed by atoms with Crippen LogP contribution < -0.4 is 0 Å². The zero-order chi connectivity index (χ0) is 13.8. The van der Waals surface area contributed by atoms with Gasteiger partial charge in [-0.05, 0) is 35.9 Å². The molecule has 4 heteroatoms. The van der Waals surface area contributed by atoms with Crippen LogP contribution >= 0.6 is 34.8 Å². The average molecular weight is 312 g/mol. The maximum absolute atomic E-state index is 12.0. The smallest absolute Gasteiger partial charge is 0.188 e. The molecular formula is C15H9Cl3O. The number of carbonyl (C=O) groups is 1. The first-order valence-corrected chi connectivity index (χ1v) is 6.63. The molecule has 1 nitrogen and oxygen atoms in total. The number of hydrogen-bond donors (Lipinski definition) is 0. The van der Waals surface area contributed by atoms with Gasteiger partial charge < -0.3 is 0 Å². The van der Waals surface area contributed by atoms with Gasteiger partial charge >= 0.3 is 0 Å². The molecule has 2 aromatic rings. The quantitative estimate of drug-likeness (QED) is 0.537. The molecule has 0 unspecified atom stereocenters. The molecule has 0 bridgehead atoms. The molecule has 0 aliphatic heterocycles. The minimum absolute atomic E-state index is 0.231. The van der Waals surface area contributed by atoms with E-state index in [1.807, 2.05) is 12.1 Å². The summed E-state index contributed by atoms with van der Waals surface area (Å²) in [5, 5.41) is 1.34. The number of benzene rings is 2. The van der Waals surface area contributed by atoms with Gasteiger partial charge in [0, 0.05) is 5.02 Å². The second kappa shape index (κ2) is 6.25. The largest absolute Gasteiger partial charge is 0.289 e. The van der Waals surface area contributed by atoms with E-state index in [4.69, 9.17) is 34.8 Å².